The smallest absolute Gasteiger partial charge is 0.319 e. The molecule has 0 amide bonds. The van der Waals surface area contributed by atoms with Crippen LogP contribution in [0.4, 0.5) is 0 Å². The van der Waals surface area contributed by atoms with Gasteiger partial charge >= 0.3 is 13.4 Å². The average Bonchev–Trinajstić information content (AvgIpc) is 1.12. The summed E-state index contributed by atoms with van der Waals surface area (Å²) in [5.74, 6) is 0. The Bertz CT molecular complexity index is 139. The summed E-state index contributed by atoms with van der Waals surface area (Å²) in [4.78, 5) is 45.3. The van der Waals surface area contributed by atoms with Crippen LogP contribution in [0.15, 0.2) is 0 Å². The van der Waals surface area contributed by atoms with Crippen molar-refractivity contribution in [3.63, 3.8) is 0 Å². The molecule has 0 rings (SSSR count). The van der Waals surface area contributed by atoms with Gasteiger partial charge in [-0.15, -0.1) is 24.8 Å². The second-order valence-corrected chi connectivity index (χ2v) is 6.02. The van der Waals surface area contributed by atoms with Crippen LogP contribution in [0.3, 0.4) is 0 Å². The zero-order chi connectivity index (χ0) is 9.00. The summed E-state index contributed by atoms with van der Waals surface area (Å²) in [5.41, 5.74) is 0. The molecule has 6 N–H and O–H groups in total. The molecule has 0 aromatic heterocycles. The molecule has 0 radical (unpaired) electrons. The van der Waals surface area contributed by atoms with Gasteiger partial charge in [0.15, 0.2) is 0 Å². The van der Waals surface area contributed by atoms with E-state index >= 15 is 0 Å². The number of hydrogen-bond donors (Lipinski definition) is 6. The van der Waals surface area contributed by atoms with Gasteiger partial charge in [0.2, 0.25) is 0 Å². The first-order valence-electron chi connectivity index (χ1n) is 1.57. The summed E-state index contributed by atoms with van der Waals surface area (Å²) in [6, 6.07) is 0. The molecule has 0 aliphatic heterocycles. The molecule has 0 aliphatic carbocycles. The Labute approximate surface area is 110 Å². The van der Waals surface area contributed by atoms with E-state index in [2.05, 4.69) is 23.6 Å². The molecule has 0 unspecified atom stereocenters. The summed E-state index contributed by atoms with van der Waals surface area (Å²) in [6.07, 6.45) is 0. The Morgan fingerprint density at radius 3 is 0.615 bits per heavy atom. The minimum absolute atomic E-state index is 0. The van der Waals surface area contributed by atoms with Gasteiger partial charge in [-0.25, -0.2) is 0 Å². The molecule has 0 atom stereocenters. The topological polar surface area (TPSA) is 121 Å². The van der Waals surface area contributed by atoms with Crippen LogP contribution < -0.4 is 0 Å². The monoisotopic (exact) mass is 364 g/mol. The summed E-state index contributed by atoms with van der Waals surface area (Å²) >= 11 is 7.21. The Morgan fingerprint density at radius 2 is 0.615 bits per heavy atom. The van der Waals surface area contributed by atoms with Crippen LogP contribution in [0, 0.1) is 0 Å². The summed E-state index contributed by atoms with van der Waals surface area (Å²) < 4.78 is 0. The summed E-state index contributed by atoms with van der Waals surface area (Å²) in [7, 11) is 0. The molecule has 13 heavy (non-hydrogen) atoms. The van der Waals surface area contributed by atoms with Gasteiger partial charge in [0, 0.05) is 19.5 Å². The number of hydrogen-bond acceptors (Lipinski definition) is 2. The molecule has 0 saturated carbocycles. The van der Waals surface area contributed by atoms with Crippen LogP contribution in [-0.2, 0) is 43.1 Å². The van der Waals surface area contributed by atoms with Crippen molar-refractivity contribution in [1.82, 2.24) is 0 Å². The van der Waals surface area contributed by atoms with Gasteiger partial charge in [-0.2, -0.15) is 0 Å². The Balaban J connectivity index is -0.0000000267. The molecular formula is H8Cl2O6P2S2Zn. The first-order valence-corrected chi connectivity index (χ1v) is 6.89. The van der Waals surface area contributed by atoms with Gasteiger partial charge < -0.3 is 29.4 Å². The maximum absolute atomic E-state index is 7.56. The van der Waals surface area contributed by atoms with E-state index in [0.29, 0.717) is 0 Å². The van der Waals surface area contributed by atoms with Gasteiger partial charge in [0.05, 0.1) is 0 Å². The minimum Gasteiger partial charge on any atom is -0.325 e. The standard InChI is InChI=1S/2ClH.2H3O3PS.Zn/c;;2*1-4(2,3)5;/h2*1H;2*(H3,1,2,3,5);. The van der Waals surface area contributed by atoms with Gasteiger partial charge in [0.25, 0.3) is 0 Å². The van der Waals surface area contributed by atoms with Gasteiger partial charge in [-0.3, -0.25) is 0 Å². The quantitative estimate of drug-likeness (QED) is 0.244. The maximum atomic E-state index is 7.56. The molecule has 0 saturated heterocycles. The van der Waals surface area contributed by atoms with E-state index in [4.69, 9.17) is 29.4 Å². The van der Waals surface area contributed by atoms with Crippen LogP contribution >= 0.6 is 38.3 Å². The largest absolute Gasteiger partial charge is 0.325 e. The number of halogens is 2. The third kappa shape index (κ3) is 419. The van der Waals surface area contributed by atoms with Crippen LogP contribution in [0.25, 0.3) is 0 Å². The SMILES string of the molecule is Cl.Cl.OP(O)(O)=S.OP(O)(O)=S.[Zn]. The molecule has 0 aliphatic rings. The van der Waals surface area contributed by atoms with Crippen molar-refractivity contribution >= 4 is 61.9 Å². The van der Waals surface area contributed by atoms with Crippen molar-refractivity contribution in [2.75, 3.05) is 0 Å². The van der Waals surface area contributed by atoms with E-state index in [9.17, 15) is 0 Å². The van der Waals surface area contributed by atoms with Crippen molar-refractivity contribution in [2.45, 2.75) is 0 Å². The van der Waals surface area contributed by atoms with Crippen molar-refractivity contribution in [1.29, 1.82) is 0 Å². The fraction of sp³-hybridized carbons (Fsp3) is 0. The van der Waals surface area contributed by atoms with Gasteiger partial charge in [0.1, 0.15) is 0 Å². The van der Waals surface area contributed by atoms with Gasteiger partial charge in [-0.1, -0.05) is 0 Å². The van der Waals surface area contributed by atoms with E-state index in [-0.39, 0.29) is 44.3 Å². The minimum atomic E-state index is -3.81. The van der Waals surface area contributed by atoms with Crippen LogP contribution in [0.2, 0.25) is 0 Å². The zero-order valence-corrected chi connectivity index (χ0v) is 13.9. The first-order chi connectivity index (χ1) is 4.00. The van der Waals surface area contributed by atoms with E-state index < -0.39 is 13.4 Å². The second-order valence-electron chi connectivity index (χ2n) is 1.03. The Hall–Kier alpha value is 2.26. The summed E-state index contributed by atoms with van der Waals surface area (Å²) in [6.45, 7) is -7.61. The molecule has 0 spiro atoms. The second kappa shape index (κ2) is 12.3. The van der Waals surface area contributed by atoms with Crippen LogP contribution in [-0.4, -0.2) is 29.4 Å². The van der Waals surface area contributed by atoms with Crippen molar-refractivity contribution < 1.29 is 48.8 Å². The molecule has 13 heteroatoms. The van der Waals surface area contributed by atoms with Crippen molar-refractivity contribution in [2.24, 2.45) is 0 Å². The fourth-order valence-corrected chi connectivity index (χ4v) is 0. The molecule has 0 aromatic rings. The van der Waals surface area contributed by atoms with Crippen LogP contribution in [0.5, 0.6) is 0 Å². The molecule has 0 bridgehead atoms. The molecule has 0 aromatic carbocycles. The Morgan fingerprint density at radius 1 is 0.615 bits per heavy atom. The van der Waals surface area contributed by atoms with E-state index in [0.717, 1.165) is 0 Å². The Kier molecular flexibility index (Phi) is 28.0. The zero-order valence-electron chi connectivity index (χ0n) is 5.92. The van der Waals surface area contributed by atoms with Gasteiger partial charge in [-0.05, 0) is 23.6 Å². The first kappa shape index (κ1) is 29.5. The average molecular weight is 366 g/mol. The van der Waals surface area contributed by atoms with Crippen LogP contribution in [0.1, 0.15) is 0 Å². The molecule has 0 heterocycles. The van der Waals surface area contributed by atoms with Crippen molar-refractivity contribution in [3.8, 4) is 0 Å². The third-order valence-electron chi connectivity index (χ3n) is 0. The van der Waals surface area contributed by atoms with E-state index in [1.807, 2.05) is 0 Å². The maximum Gasteiger partial charge on any atom is 0.319 e. The fourth-order valence-electron chi connectivity index (χ4n) is 0. The third-order valence-corrected chi connectivity index (χ3v) is 0. The van der Waals surface area contributed by atoms with E-state index in [1.165, 1.54) is 0 Å². The van der Waals surface area contributed by atoms with E-state index in [1.54, 1.807) is 0 Å². The predicted octanol–water partition coefficient (Wildman–Crippen LogP) is -0.783. The normalized spacial score (nSPS) is 9.08. The molecule has 82 valence electrons. The predicted molar refractivity (Wildman–Crippen MR) is 56.4 cm³/mol. The number of rotatable bonds is 0. The molecular weight excluding hydrogens is 358 g/mol. The molecule has 6 nitrogen and oxygen atoms in total. The van der Waals surface area contributed by atoms with Crippen molar-refractivity contribution in [3.05, 3.63) is 0 Å². The summed E-state index contributed by atoms with van der Waals surface area (Å²) in [5, 5.41) is 0. The molecule has 0 fully saturated rings.